The van der Waals surface area contributed by atoms with Gasteiger partial charge in [0.2, 0.25) is 0 Å². The summed E-state index contributed by atoms with van der Waals surface area (Å²) in [6.07, 6.45) is 1.74. The molecule has 3 nitrogen and oxygen atoms in total. The Morgan fingerprint density at radius 3 is 2.84 bits per heavy atom. The normalized spacial score (nSPS) is 11.1. The van der Waals surface area contributed by atoms with Crippen molar-refractivity contribution in [3.63, 3.8) is 0 Å². The van der Waals surface area contributed by atoms with Crippen molar-refractivity contribution in [2.75, 3.05) is 0 Å². The Kier molecular flexibility index (Phi) is 3.17. The number of hydrogen-bond donors (Lipinski definition) is 0. The minimum Gasteiger partial charge on any atom is -0.321 e. The van der Waals surface area contributed by atoms with Crippen LogP contribution in [0.4, 0.5) is 4.39 Å². The van der Waals surface area contributed by atoms with Crippen LogP contribution in [-0.2, 0) is 12.4 Å². The van der Waals surface area contributed by atoms with E-state index in [1.54, 1.807) is 12.3 Å². The second-order valence-electron chi connectivity index (χ2n) is 4.20. The van der Waals surface area contributed by atoms with Crippen molar-refractivity contribution in [1.82, 2.24) is 14.5 Å². The van der Waals surface area contributed by atoms with Gasteiger partial charge in [0, 0.05) is 12.3 Å². The highest BCUT2D eigenvalue weighted by Gasteiger charge is 2.11. The number of imidazole rings is 1. The van der Waals surface area contributed by atoms with Gasteiger partial charge in [-0.1, -0.05) is 6.07 Å². The molecule has 0 saturated carbocycles. The van der Waals surface area contributed by atoms with Gasteiger partial charge in [-0.25, -0.2) is 9.37 Å². The minimum atomic E-state index is -0.295. The molecule has 2 heterocycles. The smallest absolute Gasteiger partial charge is 0.125 e. The van der Waals surface area contributed by atoms with Crippen LogP contribution in [0.1, 0.15) is 11.5 Å². The van der Waals surface area contributed by atoms with E-state index in [0.717, 1.165) is 11.2 Å². The predicted molar refractivity (Wildman–Crippen MR) is 72.6 cm³/mol. The summed E-state index contributed by atoms with van der Waals surface area (Å²) in [7, 11) is 0. The number of rotatable bonds is 3. The molecule has 3 aromatic rings. The van der Waals surface area contributed by atoms with Crippen LogP contribution in [-0.4, -0.2) is 14.5 Å². The maximum atomic E-state index is 13.2. The molecule has 0 aliphatic carbocycles. The highest BCUT2D eigenvalue weighted by molar-refractivity contribution is 6.16. The van der Waals surface area contributed by atoms with Gasteiger partial charge in [-0.05, 0) is 24.3 Å². The van der Waals surface area contributed by atoms with E-state index in [1.165, 1.54) is 12.1 Å². The van der Waals surface area contributed by atoms with E-state index in [-0.39, 0.29) is 11.7 Å². The van der Waals surface area contributed by atoms with Crippen LogP contribution in [0.5, 0.6) is 0 Å². The monoisotopic (exact) mass is 275 g/mol. The third kappa shape index (κ3) is 2.31. The minimum absolute atomic E-state index is 0.281. The summed E-state index contributed by atoms with van der Waals surface area (Å²) in [6, 6.07) is 10.3. The number of pyridine rings is 1. The molecule has 96 valence electrons. The van der Waals surface area contributed by atoms with Crippen LogP contribution in [0, 0.1) is 5.82 Å². The Morgan fingerprint density at radius 1 is 1.21 bits per heavy atom. The second-order valence-corrected chi connectivity index (χ2v) is 4.47. The van der Waals surface area contributed by atoms with Crippen molar-refractivity contribution in [3.8, 4) is 0 Å². The Hall–Kier alpha value is -1.94. The summed E-state index contributed by atoms with van der Waals surface area (Å²) in [5.41, 5.74) is 2.40. The van der Waals surface area contributed by atoms with Gasteiger partial charge in [-0.15, -0.1) is 11.6 Å². The Labute approximate surface area is 114 Å². The van der Waals surface area contributed by atoms with Gasteiger partial charge in [0.05, 0.1) is 29.2 Å². The zero-order valence-corrected chi connectivity index (χ0v) is 10.8. The van der Waals surface area contributed by atoms with Crippen molar-refractivity contribution in [2.24, 2.45) is 0 Å². The number of benzene rings is 1. The Bertz CT molecular complexity index is 709. The average molecular weight is 276 g/mol. The lowest BCUT2D eigenvalue weighted by molar-refractivity contribution is 0.629. The van der Waals surface area contributed by atoms with Crippen molar-refractivity contribution in [2.45, 2.75) is 12.4 Å². The first-order valence-electron chi connectivity index (χ1n) is 5.88. The topological polar surface area (TPSA) is 30.7 Å². The largest absolute Gasteiger partial charge is 0.321 e. The summed E-state index contributed by atoms with van der Waals surface area (Å²) < 4.78 is 15.2. The van der Waals surface area contributed by atoms with Gasteiger partial charge < -0.3 is 4.57 Å². The molecular formula is C14H11ClFN3. The summed E-state index contributed by atoms with van der Waals surface area (Å²) in [4.78, 5) is 8.64. The molecule has 0 N–H and O–H groups in total. The zero-order valence-electron chi connectivity index (χ0n) is 10.1. The first kappa shape index (κ1) is 12.1. The van der Waals surface area contributed by atoms with E-state index in [0.29, 0.717) is 17.9 Å². The maximum absolute atomic E-state index is 13.2. The Morgan fingerprint density at radius 2 is 2.11 bits per heavy atom. The number of hydrogen-bond acceptors (Lipinski definition) is 2. The van der Waals surface area contributed by atoms with Crippen molar-refractivity contribution >= 4 is 22.6 Å². The van der Waals surface area contributed by atoms with Crippen LogP contribution in [0.3, 0.4) is 0 Å². The van der Waals surface area contributed by atoms with Gasteiger partial charge in [-0.2, -0.15) is 0 Å². The molecule has 0 aliphatic heterocycles. The summed E-state index contributed by atoms with van der Waals surface area (Å²) in [6.45, 7) is 0.574. The molecular weight excluding hydrogens is 265 g/mol. The third-order valence-corrected chi connectivity index (χ3v) is 3.19. The first-order valence-corrected chi connectivity index (χ1v) is 6.42. The number of halogens is 2. The van der Waals surface area contributed by atoms with E-state index in [2.05, 4.69) is 9.97 Å². The van der Waals surface area contributed by atoms with Crippen LogP contribution in [0.25, 0.3) is 11.0 Å². The molecule has 1 aromatic carbocycles. The summed E-state index contributed by atoms with van der Waals surface area (Å²) >= 11 is 5.91. The lowest BCUT2D eigenvalue weighted by Gasteiger charge is -2.06. The fourth-order valence-corrected chi connectivity index (χ4v) is 2.29. The molecule has 0 amide bonds. The van der Waals surface area contributed by atoms with E-state index < -0.39 is 0 Å². The fraction of sp³-hybridized carbons (Fsp3) is 0.143. The van der Waals surface area contributed by atoms with Gasteiger partial charge in [0.1, 0.15) is 11.6 Å². The van der Waals surface area contributed by atoms with Crippen molar-refractivity contribution < 1.29 is 4.39 Å². The number of alkyl halides is 1. The average Bonchev–Trinajstić information content (AvgIpc) is 2.77. The van der Waals surface area contributed by atoms with Gasteiger partial charge >= 0.3 is 0 Å². The first-order chi connectivity index (χ1) is 9.28. The number of nitrogens with zero attached hydrogens (tertiary/aromatic N) is 3. The molecule has 3 rings (SSSR count). The molecule has 0 bridgehead atoms. The van der Waals surface area contributed by atoms with E-state index >= 15 is 0 Å². The fourth-order valence-electron chi connectivity index (χ4n) is 2.08. The van der Waals surface area contributed by atoms with E-state index in [4.69, 9.17) is 11.6 Å². The summed E-state index contributed by atoms with van der Waals surface area (Å²) in [5, 5.41) is 0. The van der Waals surface area contributed by atoms with E-state index in [9.17, 15) is 4.39 Å². The molecule has 0 radical (unpaired) electrons. The standard InChI is InChI=1S/C14H11ClFN3/c15-8-14-18-12-7-10(16)4-5-13(12)19(14)9-11-3-1-2-6-17-11/h1-7H,8-9H2. The van der Waals surface area contributed by atoms with Crippen LogP contribution >= 0.6 is 11.6 Å². The molecule has 2 aromatic heterocycles. The molecule has 0 aliphatic rings. The molecule has 0 fully saturated rings. The Balaban J connectivity index is 2.11. The zero-order chi connectivity index (χ0) is 13.2. The van der Waals surface area contributed by atoms with Crippen LogP contribution < -0.4 is 0 Å². The van der Waals surface area contributed by atoms with E-state index in [1.807, 2.05) is 22.8 Å². The summed E-state index contributed by atoms with van der Waals surface area (Å²) in [5.74, 6) is 0.701. The molecule has 5 heteroatoms. The quantitative estimate of drug-likeness (QED) is 0.686. The highest BCUT2D eigenvalue weighted by atomic mass is 35.5. The second kappa shape index (κ2) is 4.97. The SMILES string of the molecule is Fc1ccc2c(c1)nc(CCl)n2Cc1ccccn1. The molecule has 0 spiro atoms. The number of fused-ring (bicyclic) bond motifs is 1. The molecule has 0 saturated heterocycles. The molecule has 0 atom stereocenters. The van der Waals surface area contributed by atoms with Gasteiger partial charge in [0.25, 0.3) is 0 Å². The lowest BCUT2D eigenvalue weighted by atomic mass is 10.3. The highest BCUT2D eigenvalue weighted by Crippen LogP contribution is 2.19. The van der Waals surface area contributed by atoms with Crippen LogP contribution in [0.15, 0.2) is 42.6 Å². The molecule has 0 unspecified atom stereocenters. The number of aromatic nitrogens is 3. The predicted octanol–water partition coefficient (Wildman–Crippen LogP) is 3.36. The van der Waals surface area contributed by atoms with Crippen molar-refractivity contribution in [3.05, 3.63) is 59.9 Å². The van der Waals surface area contributed by atoms with Gasteiger partial charge in [0.15, 0.2) is 0 Å². The lowest BCUT2D eigenvalue weighted by Crippen LogP contribution is -2.05. The maximum Gasteiger partial charge on any atom is 0.125 e. The van der Waals surface area contributed by atoms with Crippen LogP contribution in [0.2, 0.25) is 0 Å². The van der Waals surface area contributed by atoms with Gasteiger partial charge in [-0.3, -0.25) is 4.98 Å². The molecule has 19 heavy (non-hydrogen) atoms. The third-order valence-electron chi connectivity index (χ3n) is 2.96. The van der Waals surface area contributed by atoms with Crippen molar-refractivity contribution in [1.29, 1.82) is 0 Å².